The fourth-order valence-corrected chi connectivity index (χ4v) is 6.52. The quantitative estimate of drug-likeness (QED) is 0.388. The third-order valence-corrected chi connectivity index (χ3v) is 8.07. The first-order valence-electron chi connectivity index (χ1n) is 10.5. The summed E-state index contributed by atoms with van der Waals surface area (Å²) < 4.78 is 11.5. The molecule has 0 saturated heterocycles. The van der Waals surface area contributed by atoms with Gasteiger partial charge in [-0.15, -0.1) is 0 Å². The van der Waals surface area contributed by atoms with Crippen molar-refractivity contribution in [2.45, 2.75) is 63.9 Å². The van der Waals surface area contributed by atoms with Gasteiger partial charge in [0.05, 0.1) is 7.11 Å². The molecule has 1 aromatic carbocycles. The summed E-state index contributed by atoms with van der Waals surface area (Å²) in [5.41, 5.74) is 2.80. The van der Waals surface area contributed by atoms with E-state index in [1.807, 2.05) is 6.08 Å². The lowest BCUT2D eigenvalue weighted by atomic mass is 9.53. The Morgan fingerprint density at radius 1 is 1.25 bits per heavy atom. The molecular weight excluding hydrogens is 348 g/mol. The standard InChI is InChI=1S/C25H32O3/c1-6-25(28-23(26)16(2)3)14-12-22-21-9-7-17-15-18(27-5)8-10-19(17)20(21)11-13-24(22,25)4/h6,8,10,15,20-22H,1-2,7,9,11-14H2,3-5H3/t20-,21-,22+,24+,25?/m1/s1. The van der Waals surface area contributed by atoms with Crippen LogP contribution in [-0.2, 0) is 16.0 Å². The number of benzene rings is 1. The molecule has 0 N–H and O–H groups in total. The topological polar surface area (TPSA) is 35.5 Å². The van der Waals surface area contributed by atoms with Crippen molar-refractivity contribution in [3.8, 4) is 5.75 Å². The number of esters is 1. The van der Waals surface area contributed by atoms with E-state index in [1.165, 1.54) is 17.5 Å². The highest BCUT2D eigenvalue weighted by atomic mass is 16.6. The summed E-state index contributed by atoms with van der Waals surface area (Å²) in [5.74, 6) is 2.47. The van der Waals surface area contributed by atoms with Crippen molar-refractivity contribution in [2.75, 3.05) is 7.11 Å². The number of hydrogen-bond donors (Lipinski definition) is 0. The van der Waals surface area contributed by atoms with Gasteiger partial charge in [0.25, 0.3) is 0 Å². The predicted octanol–water partition coefficient (Wildman–Crippen LogP) is 5.60. The van der Waals surface area contributed by atoms with Crippen molar-refractivity contribution in [3.63, 3.8) is 0 Å². The fourth-order valence-electron chi connectivity index (χ4n) is 6.52. The van der Waals surface area contributed by atoms with E-state index >= 15 is 0 Å². The number of ether oxygens (including phenoxy) is 2. The maximum atomic E-state index is 12.4. The van der Waals surface area contributed by atoms with Gasteiger partial charge in [-0.25, -0.2) is 4.79 Å². The molecule has 1 unspecified atom stereocenters. The van der Waals surface area contributed by atoms with Gasteiger partial charge in [0.15, 0.2) is 0 Å². The van der Waals surface area contributed by atoms with Crippen molar-refractivity contribution in [1.82, 2.24) is 0 Å². The third-order valence-electron chi connectivity index (χ3n) is 8.07. The molecule has 28 heavy (non-hydrogen) atoms. The van der Waals surface area contributed by atoms with Gasteiger partial charge in [0.2, 0.25) is 0 Å². The van der Waals surface area contributed by atoms with Gasteiger partial charge in [0, 0.05) is 11.0 Å². The van der Waals surface area contributed by atoms with Gasteiger partial charge in [-0.05, 0) is 92.5 Å². The van der Waals surface area contributed by atoms with Crippen LogP contribution < -0.4 is 4.74 Å². The largest absolute Gasteiger partial charge is 0.497 e. The van der Waals surface area contributed by atoms with Crippen molar-refractivity contribution in [2.24, 2.45) is 17.3 Å². The maximum absolute atomic E-state index is 12.4. The lowest BCUT2D eigenvalue weighted by Crippen LogP contribution is -2.52. The van der Waals surface area contributed by atoms with E-state index < -0.39 is 5.60 Å². The van der Waals surface area contributed by atoms with Crippen molar-refractivity contribution < 1.29 is 14.3 Å². The van der Waals surface area contributed by atoms with E-state index in [-0.39, 0.29) is 11.4 Å². The number of hydrogen-bond acceptors (Lipinski definition) is 3. The van der Waals surface area contributed by atoms with E-state index in [0.717, 1.165) is 37.9 Å². The molecule has 0 aromatic heterocycles. The summed E-state index contributed by atoms with van der Waals surface area (Å²) >= 11 is 0. The minimum atomic E-state index is -0.571. The number of fused-ring (bicyclic) bond motifs is 5. The summed E-state index contributed by atoms with van der Waals surface area (Å²) in [6.45, 7) is 11.9. The summed E-state index contributed by atoms with van der Waals surface area (Å²) in [4.78, 5) is 12.4. The number of aryl methyl sites for hydroxylation is 1. The molecule has 0 amide bonds. The van der Waals surface area contributed by atoms with Crippen molar-refractivity contribution in [1.29, 1.82) is 0 Å². The van der Waals surface area contributed by atoms with Crippen LogP contribution in [0.5, 0.6) is 5.75 Å². The Morgan fingerprint density at radius 3 is 2.71 bits per heavy atom. The van der Waals surface area contributed by atoms with Crippen LogP contribution in [0.25, 0.3) is 0 Å². The molecule has 3 aliphatic carbocycles. The van der Waals surface area contributed by atoms with Crippen LogP contribution in [-0.4, -0.2) is 18.7 Å². The van der Waals surface area contributed by atoms with Gasteiger partial charge in [-0.2, -0.15) is 0 Å². The van der Waals surface area contributed by atoms with Crippen LogP contribution in [0.15, 0.2) is 43.0 Å². The van der Waals surface area contributed by atoms with Crippen LogP contribution in [0, 0.1) is 17.3 Å². The first-order valence-corrected chi connectivity index (χ1v) is 10.5. The molecule has 0 bridgehead atoms. The van der Waals surface area contributed by atoms with E-state index in [4.69, 9.17) is 9.47 Å². The lowest BCUT2D eigenvalue weighted by molar-refractivity contribution is -0.165. The highest BCUT2D eigenvalue weighted by Gasteiger charge is 2.62. The van der Waals surface area contributed by atoms with Crippen molar-refractivity contribution in [3.05, 3.63) is 54.1 Å². The number of carbonyl (C=O) groups is 1. The van der Waals surface area contributed by atoms with Crippen LogP contribution in [0.3, 0.4) is 0 Å². The fraction of sp³-hybridized carbons (Fsp3) is 0.560. The Balaban J connectivity index is 1.65. The van der Waals surface area contributed by atoms with E-state index in [9.17, 15) is 4.79 Å². The zero-order valence-electron chi connectivity index (χ0n) is 17.4. The number of carbonyl (C=O) groups excluding carboxylic acids is 1. The summed E-state index contributed by atoms with van der Waals surface area (Å²) in [7, 11) is 1.74. The molecule has 0 spiro atoms. The molecule has 2 saturated carbocycles. The van der Waals surface area contributed by atoms with Crippen LogP contribution in [0.4, 0.5) is 0 Å². The Labute approximate surface area is 168 Å². The van der Waals surface area contributed by atoms with Gasteiger partial charge < -0.3 is 9.47 Å². The number of methoxy groups -OCH3 is 1. The highest BCUT2D eigenvalue weighted by molar-refractivity contribution is 5.87. The molecule has 1 aromatic rings. The summed E-state index contributed by atoms with van der Waals surface area (Å²) in [5, 5.41) is 0. The average molecular weight is 381 g/mol. The van der Waals surface area contributed by atoms with Gasteiger partial charge in [0.1, 0.15) is 11.4 Å². The molecule has 0 radical (unpaired) electrons. The molecule has 150 valence electrons. The molecule has 0 heterocycles. The molecular formula is C25H32O3. The van der Waals surface area contributed by atoms with Crippen LogP contribution >= 0.6 is 0 Å². The SMILES string of the molecule is C=CC1(OC(=O)C(=C)C)CC[C@H]2[C@@H]3CCc4cc(OC)ccc4[C@H]3CC[C@@]21C. The predicted molar refractivity (Wildman–Crippen MR) is 111 cm³/mol. The molecule has 4 rings (SSSR count). The van der Waals surface area contributed by atoms with Gasteiger partial charge in [-0.3, -0.25) is 0 Å². The molecule has 5 atom stereocenters. The summed E-state index contributed by atoms with van der Waals surface area (Å²) in [6, 6.07) is 6.60. The summed E-state index contributed by atoms with van der Waals surface area (Å²) in [6.07, 6.45) is 8.38. The minimum absolute atomic E-state index is 0.0506. The average Bonchev–Trinajstić information content (AvgIpc) is 2.99. The van der Waals surface area contributed by atoms with Gasteiger partial charge in [-0.1, -0.05) is 26.1 Å². The molecule has 2 fully saturated rings. The Kier molecular flexibility index (Phi) is 4.68. The van der Waals surface area contributed by atoms with Crippen molar-refractivity contribution >= 4 is 5.97 Å². The van der Waals surface area contributed by atoms with Crippen LogP contribution in [0.1, 0.15) is 63.0 Å². The first-order chi connectivity index (χ1) is 13.3. The normalized spacial score (nSPS) is 35.9. The second-order valence-corrected chi connectivity index (χ2v) is 9.24. The lowest BCUT2D eigenvalue weighted by Gasteiger charge is -2.53. The molecule has 3 aliphatic rings. The molecule has 0 aliphatic heterocycles. The maximum Gasteiger partial charge on any atom is 0.333 e. The first kappa shape index (κ1) is 19.3. The Morgan fingerprint density at radius 2 is 2.04 bits per heavy atom. The Hall–Kier alpha value is -2.03. The monoisotopic (exact) mass is 380 g/mol. The molecule has 3 nitrogen and oxygen atoms in total. The van der Waals surface area contributed by atoms with E-state index in [0.29, 0.717) is 23.3 Å². The van der Waals surface area contributed by atoms with Crippen LogP contribution in [0.2, 0.25) is 0 Å². The highest BCUT2D eigenvalue weighted by Crippen LogP contribution is 2.65. The zero-order valence-corrected chi connectivity index (χ0v) is 17.4. The smallest absolute Gasteiger partial charge is 0.333 e. The Bertz CT molecular complexity index is 825. The van der Waals surface area contributed by atoms with E-state index in [2.05, 4.69) is 38.3 Å². The minimum Gasteiger partial charge on any atom is -0.497 e. The third kappa shape index (κ3) is 2.66. The van der Waals surface area contributed by atoms with E-state index in [1.54, 1.807) is 14.0 Å². The second kappa shape index (κ2) is 6.79. The van der Waals surface area contributed by atoms with Gasteiger partial charge >= 0.3 is 5.97 Å². The molecule has 3 heteroatoms. The number of rotatable bonds is 4. The zero-order chi connectivity index (χ0) is 20.1. The second-order valence-electron chi connectivity index (χ2n) is 9.24.